The molecular formula is C12H16N2O5. The molecule has 0 aromatic carbocycles. The highest BCUT2D eigenvalue weighted by Gasteiger charge is 2.33. The number of terminal acetylenes is 1. The van der Waals surface area contributed by atoms with E-state index < -0.39 is 18.5 Å². The molecule has 1 N–H and O–H groups in total. The van der Waals surface area contributed by atoms with Crippen LogP contribution in [0, 0.1) is 18.3 Å². The molecule has 1 fully saturated rings. The minimum absolute atomic E-state index is 0.0788. The monoisotopic (exact) mass is 268 g/mol. The number of esters is 1. The van der Waals surface area contributed by atoms with Crippen LogP contribution in [0.2, 0.25) is 0 Å². The van der Waals surface area contributed by atoms with Gasteiger partial charge in [0.05, 0.1) is 19.6 Å². The molecule has 1 atom stereocenters. The van der Waals surface area contributed by atoms with Crippen LogP contribution in [-0.2, 0) is 14.3 Å². The molecular weight excluding hydrogens is 252 g/mol. The molecule has 7 heteroatoms. The lowest BCUT2D eigenvalue weighted by molar-refractivity contribution is -0.145. The van der Waals surface area contributed by atoms with Gasteiger partial charge in [-0.05, 0) is 6.42 Å². The Morgan fingerprint density at radius 3 is 2.74 bits per heavy atom. The average Bonchev–Trinajstić information content (AvgIpc) is 2.85. The predicted octanol–water partition coefficient (Wildman–Crippen LogP) is -0.379. The summed E-state index contributed by atoms with van der Waals surface area (Å²) >= 11 is 0. The third kappa shape index (κ3) is 3.88. The zero-order chi connectivity index (χ0) is 14.4. The number of carboxylic acids is 1. The number of urea groups is 1. The highest BCUT2D eigenvalue weighted by molar-refractivity contribution is 5.82. The molecule has 0 aromatic heterocycles. The van der Waals surface area contributed by atoms with Gasteiger partial charge >= 0.3 is 18.0 Å². The number of carbonyl (C=O) groups is 3. The summed E-state index contributed by atoms with van der Waals surface area (Å²) in [6.07, 6.45) is 5.62. The van der Waals surface area contributed by atoms with Crippen LogP contribution in [0.1, 0.15) is 6.42 Å². The molecule has 1 aliphatic rings. The molecule has 0 bridgehead atoms. The Balaban J connectivity index is 2.64. The van der Waals surface area contributed by atoms with Gasteiger partial charge in [-0.2, -0.15) is 0 Å². The molecule has 19 heavy (non-hydrogen) atoms. The lowest BCUT2D eigenvalue weighted by atomic mass is 10.1. The van der Waals surface area contributed by atoms with Gasteiger partial charge in [-0.15, -0.1) is 6.42 Å². The molecule has 7 nitrogen and oxygen atoms in total. The number of methoxy groups -OCH3 is 1. The summed E-state index contributed by atoms with van der Waals surface area (Å²) in [4.78, 5) is 36.6. The zero-order valence-electron chi connectivity index (χ0n) is 10.7. The van der Waals surface area contributed by atoms with E-state index in [1.165, 1.54) is 12.0 Å². The third-order valence-corrected chi connectivity index (χ3v) is 2.87. The van der Waals surface area contributed by atoms with Gasteiger partial charge in [-0.3, -0.25) is 9.59 Å². The quantitative estimate of drug-likeness (QED) is 0.555. The van der Waals surface area contributed by atoms with Gasteiger partial charge in [0.15, 0.2) is 0 Å². The second-order valence-electron chi connectivity index (χ2n) is 4.19. The van der Waals surface area contributed by atoms with Gasteiger partial charge in [-0.25, -0.2) is 4.79 Å². The van der Waals surface area contributed by atoms with Crippen molar-refractivity contribution in [3.05, 3.63) is 0 Å². The first kappa shape index (κ1) is 14.8. The van der Waals surface area contributed by atoms with Gasteiger partial charge in [-0.1, -0.05) is 5.92 Å². The largest absolute Gasteiger partial charge is 0.480 e. The molecule has 2 amide bonds. The fourth-order valence-electron chi connectivity index (χ4n) is 1.96. The summed E-state index contributed by atoms with van der Waals surface area (Å²) in [6, 6.07) is -0.466. The predicted molar refractivity (Wildman–Crippen MR) is 65.1 cm³/mol. The summed E-state index contributed by atoms with van der Waals surface area (Å²) in [6.45, 7) is 0.0818. The topological polar surface area (TPSA) is 87.2 Å². The molecule has 0 aliphatic carbocycles. The number of likely N-dealkylation sites (tertiary alicyclic amines) is 1. The minimum Gasteiger partial charge on any atom is -0.480 e. The van der Waals surface area contributed by atoms with E-state index in [0.717, 1.165) is 4.90 Å². The maximum atomic E-state index is 12.1. The van der Waals surface area contributed by atoms with Crippen LogP contribution in [-0.4, -0.2) is 66.2 Å². The SMILES string of the molecule is C#CCN(CC(=O)O)C(=O)N1CCC(C(=O)OC)C1. The van der Waals surface area contributed by atoms with Crippen molar-refractivity contribution in [3.63, 3.8) is 0 Å². The number of ether oxygens (including phenoxy) is 1. The van der Waals surface area contributed by atoms with Crippen molar-refractivity contribution in [3.8, 4) is 12.3 Å². The second-order valence-corrected chi connectivity index (χ2v) is 4.19. The highest BCUT2D eigenvalue weighted by atomic mass is 16.5. The van der Waals surface area contributed by atoms with E-state index in [1.54, 1.807) is 0 Å². The van der Waals surface area contributed by atoms with E-state index in [4.69, 9.17) is 11.5 Å². The smallest absolute Gasteiger partial charge is 0.323 e. The first-order chi connectivity index (χ1) is 8.99. The van der Waals surface area contributed by atoms with Crippen molar-refractivity contribution in [1.29, 1.82) is 0 Å². The lowest BCUT2D eigenvalue weighted by Gasteiger charge is -2.25. The number of rotatable bonds is 4. The van der Waals surface area contributed by atoms with Gasteiger partial charge in [0, 0.05) is 13.1 Å². The molecule has 1 unspecified atom stereocenters. The standard InChI is InChI=1S/C12H16N2O5/c1-3-5-13(8-10(15)16)12(18)14-6-4-9(7-14)11(17)19-2/h1,9H,4-8H2,2H3,(H,15,16). The first-order valence-corrected chi connectivity index (χ1v) is 5.76. The van der Waals surface area contributed by atoms with Crippen molar-refractivity contribution >= 4 is 18.0 Å². The Kier molecular flexibility index (Phi) is 5.18. The number of hydrogen-bond donors (Lipinski definition) is 1. The first-order valence-electron chi connectivity index (χ1n) is 5.76. The van der Waals surface area contributed by atoms with Crippen LogP contribution >= 0.6 is 0 Å². The van der Waals surface area contributed by atoms with Gasteiger partial charge in [0.25, 0.3) is 0 Å². The average molecular weight is 268 g/mol. The fraction of sp³-hybridized carbons (Fsp3) is 0.583. The van der Waals surface area contributed by atoms with Crippen molar-refractivity contribution in [2.75, 3.05) is 33.3 Å². The van der Waals surface area contributed by atoms with E-state index in [2.05, 4.69) is 10.7 Å². The van der Waals surface area contributed by atoms with Crippen LogP contribution in [0.25, 0.3) is 0 Å². The number of amides is 2. The summed E-state index contributed by atoms with van der Waals surface area (Å²) in [5.41, 5.74) is 0. The Bertz CT molecular complexity index is 415. The van der Waals surface area contributed by atoms with Crippen molar-refractivity contribution in [2.45, 2.75) is 6.42 Å². The molecule has 0 radical (unpaired) electrons. The number of nitrogens with zero attached hydrogens (tertiary/aromatic N) is 2. The summed E-state index contributed by atoms with van der Waals surface area (Å²) in [5.74, 6) is 0.395. The van der Waals surface area contributed by atoms with Crippen molar-refractivity contribution in [2.24, 2.45) is 5.92 Å². The third-order valence-electron chi connectivity index (χ3n) is 2.87. The van der Waals surface area contributed by atoms with Crippen LogP contribution in [0.4, 0.5) is 4.79 Å². The zero-order valence-corrected chi connectivity index (χ0v) is 10.7. The Labute approximate surface area is 111 Å². The number of hydrogen-bond acceptors (Lipinski definition) is 4. The lowest BCUT2D eigenvalue weighted by Crippen LogP contribution is -2.44. The van der Waals surface area contributed by atoms with E-state index in [0.29, 0.717) is 13.0 Å². The molecule has 1 aliphatic heterocycles. The summed E-state index contributed by atoms with van der Waals surface area (Å²) in [5, 5.41) is 8.73. The highest BCUT2D eigenvalue weighted by Crippen LogP contribution is 2.18. The van der Waals surface area contributed by atoms with E-state index in [1.807, 2.05) is 0 Å². The molecule has 104 valence electrons. The Morgan fingerprint density at radius 1 is 1.53 bits per heavy atom. The van der Waals surface area contributed by atoms with Crippen molar-refractivity contribution < 1.29 is 24.2 Å². The van der Waals surface area contributed by atoms with Crippen LogP contribution in [0.15, 0.2) is 0 Å². The number of carbonyl (C=O) groups excluding carboxylic acids is 2. The van der Waals surface area contributed by atoms with E-state index >= 15 is 0 Å². The molecule has 1 saturated heterocycles. The number of aliphatic carboxylic acids is 1. The maximum Gasteiger partial charge on any atom is 0.323 e. The summed E-state index contributed by atoms with van der Waals surface area (Å²) < 4.78 is 4.62. The normalized spacial score (nSPS) is 17.7. The van der Waals surface area contributed by atoms with Gasteiger partial charge in [0.2, 0.25) is 0 Å². The molecule has 1 heterocycles. The molecule has 0 saturated carbocycles. The Hall–Kier alpha value is -2.23. The second kappa shape index (κ2) is 6.64. The van der Waals surface area contributed by atoms with E-state index in [9.17, 15) is 14.4 Å². The van der Waals surface area contributed by atoms with Crippen molar-refractivity contribution in [1.82, 2.24) is 9.80 Å². The maximum absolute atomic E-state index is 12.1. The summed E-state index contributed by atoms with van der Waals surface area (Å²) in [7, 11) is 1.29. The van der Waals surface area contributed by atoms with Crippen LogP contribution < -0.4 is 0 Å². The number of carboxylic acid groups (broad SMARTS) is 1. The van der Waals surface area contributed by atoms with Gasteiger partial charge < -0.3 is 19.6 Å². The fourth-order valence-corrected chi connectivity index (χ4v) is 1.96. The minimum atomic E-state index is -1.13. The van der Waals surface area contributed by atoms with Crippen LogP contribution in [0.5, 0.6) is 0 Å². The Morgan fingerprint density at radius 2 is 2.21 bits per heavy atom. The van der Waals surface area contributed by atoms with Gasteiger partial charge in [0.1, 0.15) is 6.54 Å². The van der Waals surface area contributed by atoms with E-state index in [-0.39, 0.29) is 25.0 Å². The molecule has 1 rings (SSSR count). The molecule has 0 aromatic rings. The van der Waals surface area contributed by atoms with Crippen LogP contribution in [0.3, 0.4) is 0 Å². The molecule has 0 spiro atoms.